The third-order valence-electron chi connectivity index (χ3n) is 6.14. The average Bonchev–Trinajstić information content (AvgIpc) is 3.35. The fraction of sp³-hybridized carbons (Fsp3) is 0.379. The van der Waals surface area contributed by atoms with Crippen molar-refractivity contribution in [1.82, 2.24) is 5.01 Å². The minimum Gasteiger partial charge on any atom is -0.389 e. The molecule has 188 valence electrons. The number of fused-ring (bicyclic) bond motifs is 1. The summed E-state index contributed by atoms with van der Waals surface area (Å²) in [7, 11) is 0. The molecule has 0 bridgehead atoms. The van der Waals surface area contributed by atoms with Gasteiger partial charge in [0.25, 0.3) is 0 Å². The molecule has 7 heteroatoms. The SMILES string of the molecule is CC1C=C(c2ccc(C3OCCO3)cc2)N2N=C(Sc3ccccc3)CC(=NCC(C)(C)O)C2=CC1. The van der Waals surface area contributed by atoms with Gasteiger partial charge in [0.2, 0.25) is 0 Å². The van der Waals surface area contributed by atoms with Gasteiger partial charge in [0.15, 0.2) is 6.29 Å². The van der Waals surface area contributed by atoms with Gasteiger partial charge in [0.1, 0.15) is 5.04 Å². The number of hydrogen-bond donors (Lipinski definition) is 1. The molecule has 3 aliphatic heterocycles. The van der Waals surface area contributed by atoms with E-state index in [2.05, 4.69) is 55.5 Å². The lowest BCUT2D eigenvalue weighted by atomic mass is 10.0. The summed E-state index contributed by atoms with van der Waals surface area (Å²) in [5, 5.41) is 18.5. The summed E-state index contributed by atoms with van der Waals surface area (Å²) in [5.74, 6) is 0.343. The maximum atomic E-state index is 10.4. The predicted molar refractivity (Wildman–Crippen MR) is 146 cm³/mol. The van der Waals surface area contributed by atoms with Crippen LogP contribution in [0.5, 0.6) is 0 Å². The Hall–Kier alpha value is -2.71. The first kappa shape index (κ1) is 25.0. The largest absolute Gasteiger partial charge is 0.389 e. The van der Waals surface area contributed by atoms with Gasteiger partial charge in [-0.15, -0.1) is 0 Å². The minimum absolute atomic E-state index is 0.293. The summed E-state index contributed by atoms with van der Waals surface area (Å²) in [6.45, 7) is 7.39. The van der Waals surface area contributed by atoms with Crippen molar-refractivity contribution in [3.63, 3.8) is 0 Å². The maximum absolute atomic E-state index is 10.4. The van der Waals surface area contributed by atoms with E-state index in [9.17, 15) is 5.11 Å². The van der Waals surface area contributed by atoms with E-state index >= 15 is 0 Å². The number of aliphatic hydroxyl groups is 1. The first-order valence-electron chi connectivity index (χ1n) is 12.5. The monoisotopic (exact) mass is 503 g/mol. The molecular weight excluding hydrogens is 470 g/mol. The van der Waals surface area contributed by atoms with E-state index in [-0.39, 0.29) is 6.29 Å². The van der Waals surface area contributed by atoms with Crippen LogP contribution in [0.2, 0.25) is 0 Å². The highest BCUT2D eigenvalue weighted by molar-refractivity contribution is 8.14. The molecule has 6 nitrogen and oxygen atoms in total. The molecule has 3 aliphatic rings. The highest BCUT2D eigenvalue weighted by Crippen LogP contribution is 2.37. The smallest absolute Gasteiger partial charge is 0.184 e. The van der Waals surface area contributed by atoms with Crippen molar-refractivity contribution >= 4 is 28.2 Å². The van der Waals surface area contributed by atoms with Crippen molar-refractivity contribution in [1.29, 1.82) is 0 Å². The molecule has 5 rings (SSSR count). The Morgan fingerprint density at radius 2 is 1.78 bits per heavy atom. The fourth-order valence-corrected chi connectivity index (χ4v) is 5.23. The van der Waals surface area contributed by atoms with Crippen LogP contribution in [0.25, 0.3) is 5.70 Å². The Morgan fingerprint density at radius 1 is 1.06 bits per heavy atom. The lowest BCUT2D eigenvalue weighted by Crippen LogP contribution is -2.31. The quantitative estimate of drug-likeness (QED) is 0.540. The predicted octanol–water partition coefficient (Wildman–Crippen LogP) is 6.02. The van der Waals surface area contributed by atoms with Gasteiger partial charge in [0.05, 0.1) is 42.5 Å². The summed E-state index contributed by atoms with van der Waals surface area (Å²) in [6.07, 6.45) is 5.76. The highest BCUT2D eigenvalue weighted by Gasteiger charge is 2.30. The molecule has 2 aromatic rings. The number of aliphatic imine (C=N–C) groups is 1. The van der Waals surface area contributed by atoms with Gasteiger partial charge in [-0.3, -0.25) is 4.99 Å². The van der Waals surface area contributed by atoms with Crippen LogP contribution < -0.4 is 0 Å². The van der Waals surface area contributed by atoms with Gasteiger partial charge in [-0.05, 0) is 43.9 Å². The zero-order valence-corrected chi connectivity index (χ0v) is 21.9. The second-order valence-corrected chi connectivity index (χ2v) is 11.2. The van der Waals surface area contributed by atoms with E-state index in [0.29, 0.717) is 32.1 Å². The number of hydrogen-bond acceptors (Lipinski definition) is 7. The van der Waals surface area contributed by atoms with E-state index in [1.54, 1.807) is 25.6 Å². The molecule has 0 radical (unpaired) electrons. The number of ether oxygens (including phenoxy) is 2. The first-order chi connectivity index (χ1) is 17.4. The van der Waals surface area contributed by atoms with Crippen molar-refractivity contribution in [2.45, 2.75) is 50.4 Å². The topological polar surface area (TPSA) is 66.7 Å². The Bertz CT molecular complexity index is 1190. The Balaban J connectivity index is 1.53. The number of thioether (sulfide) groups is 1. The van der Waals surface area contributed by atoms with Crippen molar-refractivity contribution in [3.05, 3.63) is 83.6 Å². The van der Waals surface area contributed by atoms with Gasteiger partial charge >= 0.3 is 0 Å². The highest BCUT2D eigenvalue weighted by atomic mass is 32.2. The standard InChI is InChI=1S/C29H33N3O3S/c1-20-9-14-25-24(30-19-29(2,3)33)18-27(36-23-7-5-4-6-8-23)31-32(25)26(17-20)21-10-12-22(13-11-21)28-34-15-16-35-28/h4-8,10-14,17,20,28,33H,9,15-16,18-19H2,1-3H3. The second-order valence-electron chi connectivity index (χ2n) is 10.0. The summed E-state index contributed by atoms with van der Waals surface area (Å²) in [4.78, 5) is 6.03. The molecule has 3 heterocycles. The lowest BCUT2D eigenvalue weighted by molar-refractivity contribution is -0.0441. The number of benzene rings is 2. The van der Waals surface area contributed by atoms with Crippen LogP contribution in [-0.4, -0.2) is 46.2 Å². The molecule has 36 heavy (non-hydrogen) atoms. The van der Waals surface area contributed by atoms with Crippen molar-refractivity contribution in [2.75, 3.05) is 19.8 Å². The third kappa shape index (κ3) is 5.98. The van der Waals surface area contributed by atoms with Crippen LogP contribution >= 0.6 is 11.8 Å². The van der Waals surface area contributed by atoms with E-state index in [1.165, 1.54) is 0 Å². The molecule has 1 unspecified atom stereocenters. The molecule has 1 N–H and O–H groups in total. The van der Waals surface area contributed by atoms with Crippen LogP contribution in [0.15, 0.2) is 87.4 Å². The summed E-state index contributed by atoms with van der Waals surface area (Å²) in [6, 6.07) is 18.7. The molecular formula is C29H33N3O3S. The van der Waals surface area contributed by atoms with E-state index in [0.717, 1.165) is 44.6 Å². The minimum atomic E-state index is -0.878. The van der Waals surface area contributed by atoms with E-state index < -0.39 is 5.60 Å². The summed E-state index contributed by atoms with van der Waals surface area (Å²) >= 11 is 1.66. The Kier molecular flexibility index (Phi) is 7.44. The number of allylic oxidation sites excluding steroid dienone is 3. The van der Waals surface area contributed by atoms with Gasteiger partial charge in [-0.1, -0.05) is 73.3 Å². The average molecular weight is 504 g/mol. The van der Waals surface area contributed by atoms with E-state index in [1.807, 2.05) is 23.2 Å². The molecule has 0 aromatic heterocycles. The second kappa shape index (κ2) is 10.7. The zero-order valence-electron chi connectivity index (χ0n) is 21.1. The summed E-state index contributed by atoms with van der Waals surface area (Å²) in [5.41, 5.74) is 4.20. The van der Waals surface area contributed by atoms with Crippen molar-refractivity contribution in [2.24, 2.45) is 16.0 Å². The molecule has 0 amide bonds. The molecule has 1 saturated heterocycles. The molecule has 0 saturated carbocycles. The van der Waals surface area contributed by atoms with Gasteiger partial charge in [-0.25, -0.2) is 5.01 Å². The van der Waals surface area contributed by atoms with Crippen LogP contribution in [0, 0.1) is 5.92 Å². The van der Waals surface area contributed by atoms with E-state index in [4.69, 9.17) is 19.6 Å². The Labute approximate surface area is 217 Å². The number of hydrazone groups is 1. The lowest BCUT2D eigenvalue weighted by Gasteiger charge is -2.31. The van der Waals surface area contributed by atoms with Crippen LogP contribution in [-0.2, 0) is 9.47 Å². The number of rotatable bonds is 5. The first-order valence-corrected chi connectivity index (χ1v) is 13.3. The van der Waals surface area contributed by atoms with Crippen LogP contribution in [0.3, 0.4) is 0 Å². The molecule has 0 aliphatic carbocycles. The molecule has 2 aromatic carbocycles. The molecule has 0 spiro atoms. The van der Waals surface area contributed by atoms with Crippen LogP contribution in [0.1, 0.15) is 51.0 Å². The summed E-state index contributed by atoms with van der Waals surface area (Å²) < 4.78 is 11.3. The normalized spacial score (nSPS) is 22.1. The number of nitrogens with zero attached hydrogens (tertiary/aromatic N) is 3. The maximum Gasteiger partial charge on any atom is 0.184 e. The van der Waals surface area contributed by atoms with Crippen molar-refractivity contribution < 1.29 is 14.6 Å². The van der Waals surface area contributed by atoms with Crippen LogP contribution in [0.4, 0.5) is 0 Å². The molecule has 1 atom stereocenters. The molecule has 1 fully saturated rings. The van der Waals surface area contributed by atoms with Gasteiger partial charge < -0.3 is 14.6 Å². The van der Waals surface area contributed by atoms with Gasteiger partial charge in [-0.2, -0.15) is 5.10 Å². The Morgan fingerprint density at radius 3 is 2.47 bits per heavy atom. The zero-order chi connectivity index (χ0) is 25.1. The van der Waals surface area contributed by atoms with Gasteiger partial charge in [0, 0.05) is 16.9 Å². The fourth-order valence-electron chi connectivity index (χ4n) is 4.34. The third-order valence-corrected chi connectivity index (χ3v) is 7.11. The van der Waals surface area contributed by atoms with Crippen molar-refractivity contribution in [3.8, 4) is 0 Å².